The lowest BCUT2D eigenvalue weighted by Crippen LogP contribution is -2.13. The lowest BCUT2D eigenvalue weighted by atomic mass is 10.2. The summed E-state index contributed by atoms with van der Waals surface area (Å²) < 4.78 is 5.80. The molecule has 88 valence electrons. The van der Waals surface area contributed by atoms with E-state index in [1.165, 1.54) is 23.5 Å². The number of ether oxygens (including phenoxy) is 1. The highest BCUT2D eigenvalue weighted by atomic mass is 32.2. The fourth-order valence-electron chi connectivity index (χ4n) is 1.73. The Morgan fingerprint density at radius 3 is 2.31 bits per heavy atom. The fourth-order valence-corrected chi connectivity index (χ4v) is 5.04. The third-order valence-electron chi connectivity index (χ3n) is 2.93. The Balaban J connectivity index is 1.97. The SMILES string of the molecule is CCC1CSC(c2ccc(OC)cc2)SC1. The van der Waals surface area contributed by atoms with Gasteiger partial charge in [-0.2, -0.15) is 0 Å². The third-order valence-corrected chi connectivity index (χ3v) is 6.23. The Hall–Kier alpha value is -0.280. The average Bonchev–Trinajstić information content (AvgIpc) is 2.39. The van der Waals surface area contributed by atoms with Crippen molar-refractivity contribution in [2.24, 2.45) is 5.92 Å². The van der Waals surface area contributed by atoms with Gasteiger partial charge in [-0.1, -0.05) is 25.5 Å². The van der Waals surface area contributed by atoms with E-state index in [1.807, 2.05) is 0 Å². The average molecular weight is 254 g/mol. The van der Waals surface area contributed by atoms with Crippen molar-refractivity contribution in [2.75, 3.05) is 18.6 Å². The molecule has 1 heterocycles. The molecule has 1 saturated heterocycles. The number of hydrogen-bond donors (Lipinski definition) is 0. The van der Waals surface area contributed by atoms with Crippen molar-refractivity contribution in [1.29, 1.82) is 0 Å². The summed E-state index contributed by atoms with van der Waals surface area (Å²) in [6.07, 6.45) is 1.31. The Labute approximate surface area is 106 Å². The highest BCUT2D eigenvalue weighted by molar-refractivity contribution is 8.16. The monoisotopic (exact) mass is 254 g/mol. The summed E-state index contributed by atoms with van der Waals surface area (Å²) in [5, 5.41) is 0. The third kappa shape index (κ3) is 2.89. The molecule has 3 heteroatoms. The minimum atomic E-state index is 0.619. The van der Waals surface area contributed by atoms with Gasteiger partial charge in [-0.05, 0) is 35.1 Å². The number of methoxy groups -OCH3 is 1. The quantitative estimate of drug-likeness (QED) is 0.800. The molecule has 1 nitrogen and oxygen atoms in total. The van der Waals surface area contributed by atoms with Crippen LogP contribution >= 0.6 is 23.5 Å². The van der Waals surface area contributed by atoms with Crippen molar-refractivity contribution in [1.82, 2.24) is 0 Å². The van der Waals surface area contributed by atoms with E-state index in [0.29, 0.717) is 4.58 Å². The maximum atomic E-state index is 5.18. The van der Waals surface area contributed by atoms with Gasteiger partial charge in [0.2, 0.25) is 0 Å². The van der Waals surface area contributed by atoms with Gasteiger partial charge in [-0.25, -0.2) is 0 Å². The van der Waals surface area contributed by atoms with Crippen LogP contribution in [0.25, 0.3) is 0 Å². The van der Waals surface area contributed by atoms with Crippen molar-refractivity contribution < 1.29 is 4.74 Å². The van der Waals surface area contributed by atoms with E-state index in [4.69, 9.17) is 4.74 Å². The summed E-state index contributed by atoms with van der Waals surface area (Å²) in [7, 11) is 1.71. The lowest BCUT2D eigenvalue weighted by molar-refractivity contribution is 0.414. The van der Waals surface area contributed by atoms with Gasteiger partial charge < -0.3 is 4.74 Å². The molecule has 1 aromatic rings. The van der Waals surface area contributed by atoms with E-state index < -0.39 is 0 Å². The highest BCUT2D eigenvalue weighted by Gasteiger charge is 2.22. The standard InChI is InChI=1S/C13H18OS2/c1-3-10-8-15-13(16-9-10)11-4-6-12(14-2)7-5-11/h4-7,10,13H,3,8-9H2,1-2H3. The van der Waals surface area contributed by atoms with Crippen molar-refractivity contribution >= 4 is 23.5 Å². The normalized spacial score (nSPS) is 25.4. The second-order valence-corrected chi connectivity index (χ2v) is 6.62. The maximum absolute atomic E-state index is 5.18. The molecule has 0 saturated carbocycles. The molecule has 0 spiro atoms. The van der Waals surface area contributed by atoms with Crippen LogP contribution in [0.3, 0.4) is 0 Å². The smallest absolute Gasteiger partial charge is 0.118 e. The first kappa shape index (κ1) is 12.2. The topological polar surface area (TPSA) is 9.23 Å². The summed E-state index contributed by atoms with van der Waals surface area (Å²) in [5.74, 6) is 4.46. The summed E-state index contributed by atoms with van der Waals surface area (Å²) >= 11 is 4.17. The van der Waals surface area contributed by atoms with Gasteiger partial charge in [-0.3, -0.25) is 0 Å². The Morgan fingerprint density at radius 1 is 1.19 bits per heavy atom. The molecule has 2 rings (SSSR count). The number of benzene rings is 1. The van der Waals surface area contributed by atoms with E-state index in [1.54, 1.807) is 7.11 Å². The first-order valence-corrected chi connectivity index (χ1v) is 7.80. The first-order chi connectivity index (χ1) is 7.83. The predicted molar refractivity (Wildman–Crippen MR) is 74.4 cm³/mol. The molecule has 1 fully saturated rings. The van der Waals surface area contributed by atoms with Gasteiger partial charge in [0.25, 0.3) is 0 Å². The molecule has 0 unspecified atom stereocenters. The molecule has 1 aliphatic heterocycles. The van der Waals surface area contributed by atoms with Crippen LogP contribution in [0.4, 0.5) is 0 Å². The van der Waals surface area contributed by atoms with Crippen LogP contribution in [0.15, 0.2) is 24.3 Å². The first-order valence-electron chi connectivity index (χ1n) is 5.70. The minimum Gasteiger partial charge on any atom is -0.497 e. The largest absolute Gasteiger partial charge is 0.497 e. The van der Waals surface area contributed by atoms with Crippen LogP contribution < -0.4 is 4.74 Å². The maximum Gasteiger partial charge on any atom is 0.118 e. The lowest BCUT2D eigenvalue weighted by Gasteiger charge is -2.27. The van der Waals surface area contributed by atoms with Crippen LogP contribution in [0.5, 0.6) is 5.75 Å². The minimum absolute atomic E-state index is 0.619. The van der Waals surface area contributed by atoms with E-state index in [-0.39, 0.29) is 0 Å². The summed E-state index contributed by atoms with van der Waals surface area (Å²) in [6, 6.07) is 8.50. The Kier molecular flexibility index (Phi) is 4.47. The van der Waals surface area contributed by atoms with Crippen LogP contribution in [-0.4, -0.2) is 18.6 Å². The highest BCUT2D eigenvalue weighted by Crippen LogP contribution is 2.46. The van der Waals surface area contributed by atoms with Gasteiger partial charge in [0.15, 0.2) is 0 Å². The molecular weight excluding hydrogens is 236 g/mol. The number of thioether (sulfide) groups is 2. The molecule has 1 aliphatic rings. The van der Waals surface area contributed by atoms with Crippen LogP contribution in [0.1, 0.15) is 23.5 Å². The van der Waals surface area contributed by atoms with Gasteiger partial charge in [0.1, 0.15) is 5.75 Å². The van der Waals surface area contributed by atoms with Gasteiger partial charge in [-0.15, -0.1) is 23.5 Å². The Bertz CT molecular complexity index is 315. The van der Waals surface area contributed by atoms with Crippen LogP contribution in [0.2, 0.25) is 0 Å². The zero-order valence-corrected chi connectivity index (χ0v) is 11.4. The summed E-state index contributed by atoms with van der Waals surface area (Å²) in [4.78, 5) is 0. The van der Waals surface area contributed by atoms with Crippen molar-refractivity contribution in [3.63, 3.8) is 0 Å². The summed E-state index contributed by atoms with van der Waals surface area (Å²) in [6.45, 7) is 2.29. The molecule has 0 aliphatic carbocycles. The predicted octanol–water partition coefficient (Wildman–Crippen LogP) is 4.20. The molecule has 1 aromatic carbocycles. The van der Waals surface area contributed by atoms with E-state index in [9.17, 15) is 0 Å². The zero-order valence-electron chi connectivity index (χ0n) is 9.81. The molecule has 0 bridgehead atoms. The molecule has 16 heavy (non-hydrogen) atoms. The van der Waals surface area contributed by atoms with E-state index in [2.05, 4.69) is 54.7 Å². The fraction of sp³-hybridized carbons (Fsp3) is 0.538. The van der Waals surface area contributed by atoms with Gasteiger partial charge in [0.05, 0.1) is 11.7 Å². The second-order valence-electron chi connectivity index (χ2n) is 4.05. The molecular formula is C13H18OS2. The Morgan fingerprint density at radius 2 is 1.81 bits per heavy atom. The van der Waals surface area contributed by atoms with E-state index in [0.717, 1.165) is 11.7 Å². The van der Waals surface area contributed by atoms with Crippen molar-refractivity contribution in [2.45, 2.75) is 17.9 Å². The molecule has 0 N–H and O–H groups in total. The number of hydrogen-bond acceptors (Lipinski definition) is 3. The van der Waals surface area contributed by atoms with Gasteiger partial charge >= 0.3 is 0 Å². The summed E-state index contributed by atoms with van der Waals surface area (Å²) in [5.41, 5.74) is 1.42. The van der Waals surface area contributed by atoms with Crippen LogP contribution in [0, 0.1) is 5.92 Å². The van der Waals surface area contributed by atoms with Crippen LogP contribution in [-0.2, 0) is 0 Å². The molecule has 0 atom stereocenters. The molecule has 0 radical (unpaired) electrons. The van der Waals surface area contributed by atoms with E-state index >= 15 is 0 Å². The number of rotatable bonds is 3. The second kappa shape index (κ2) is 5.87. The zero-order chi connectivity index (χ0) is 11.4. The molecule has 0 amide bonds. The van der Waals surface area contributed by atoms with Crippen molar-refractivity contribution in [3.8, 4) is 5.75 Å². The van der Waals surface area contributed by atoms with Gasteiger partial charge in [0, 0.05) is 0 Å². The molecule has 0 aromatic heterocycles. The van der Waals surface area contributed by atoms with Crippen molar-refractivity contribution in [3.05, 3.63) is 29.8 Å².